The minimum absolute atomic E-state index is 0.0630. The summed E-state index contributed by atoms with van der Waals surface area (Å²) in [4.78, 5) is 52.0. The van der Waals surface area contributed by atoms with Crippen molar-refractivity contribution in [2.24, 2.45) is 0 Å². The lowest BCUT2D eigenvalue weighted by Crippen LogP contribution is -2.51. The number of hydrogen-bond acceptors (Lipinski definition) is 4. The number of benzene rings is 1. The zero-order chi connectivity index (χ0) is 19.6. The van der Waals surface area contributed by atoms with Crippen LogP contribution >= 0.6 is 23.2 Å². The predicted octanol–water partition coefficient (Wildman–Crippen LogP) is 1.54. The third-order valence-electron chi connectivity index (χ3n) is 4.78. The molecule has 0 unspecified atom stereocenters. The lowest BCUT2D eigenvalue weighted by Gasteiger charge is -2.35. The fourth-order valence-corrected chi connectivity index (χ4v) is 3.58. The van der Waals surface area contributed by atoms with Crippen LogP contribution in [0.3, 0.4) is 0 Å². The third kappa shape index (κ3) is 4.09. The van der Waals surface area contributed by atoms with E-state index >= 15 is 0 Å². The maximum atomic E-state index is 12.3. The zero-order valence-electron chi connectivity index (χ0n) is 14.6. The first-order valence-electron chi connectivity index (χ1n) is 8.70. The van der Waals surface area contributed by atoms with Crippen molar-refractivity contribution < 1.29 is 19.2 Å². The maximum absolute atomic E-state index is 12.3. The molecule has 0 N–H and O–H groups in total. The number of carbonyl (C=O) groups is 4. The van der Waals surface area contributed by atoms with Crippen molar-refractivity contribution in [3.05, 3.63) is 35.4 Å². The Morgan fingerprint density at radius 1 is 0.926 bits per heavy atom. The maximum Gasteiger partial charge on any atom is 0.261 e. The van der Waals surface area contributed by atoms with Crippen LogP contribution in [0.4, 0.5) is 0 Å². The number of fused-ring (bicyclic) bond motifs is 1. The number of carbonyl (C=O) groups excluding carboxylic acids is 4. The van der Waals surface area contributed by atoms with E-state index in [4.69, 9.17) is 23.2 Å². The summed E-state index contributed by atoms with van der Waals surface area (Å²) in [5, 5.41) is 0. The van der Waals surface area contributed by atoms with Crippen molar-refractivity contribution in [1.82, 2.24) is 14.7 Å². The molecule has 0 bridgehead atoms. The molecule has 0 saturated carbocycles. The number of halogens is 2. The summed E-state index contributed by atoms with van der Waals surface area (Å²) in [5.74, 6) is -1.04. The molecule has 144 valence electrons. The van der Waals surface area contributed by atoms with Gasteiger partial charge in [-0.05, 0) is 18.6 Å². The number of amides is 4. The first-order chi connectivity index (χ1) is 12.9. The molecular formula is C18H19Cl2N3O4. The topological polar surface area (TPSA) is 78.0 Å². The number of imide groups is 1. The van der Waals surface area contributed by atoms with E-state index in [2.05, 4.69) is 0 Å². The Kier molecular flexibility index (Phi) is 6.01. The minimum Gasteiger partial charge on any atom is -0.339 e. The van der Waals surface area contributed by atoms with Gasteiger partial charge in [0.2, 0.25) is 5.91 Å². The van der Waals surface area contributed by atoms with E-state index < -0.39 is 4.84 Å². The lowest BCUT2D eigenvalue weighted by atomic mass is 10.1. The second-order valence-corrected chi connectivity index (χ2v) is 7.51. The Balaban J connectivity index is 1.45. The summed E-state index contributed by atoms with van der Waals surface area (Å²) in [6.45, 7) is 1.81. The van der Waals surface area contributed by atoms with Gasteiger partial charge >= 0.3 is 0 Å². The van der Waals surface area contributed by atoms with E-state index in [1.54, 1.807) is 29.2 Å². The average molecular weight is 412 g/mol. The van der Waals surface area contributed by atoms with Gasteiger partial charge in [-0.1, -0.05) is 35.3 Å². The molecule has 0 aliphatic carbocycles. The number of hydrogen-bond donors (Lipinski definition) is 0. The Bertz CT molecular complexity index is 741. The Morgan fingerprint density at radius 2 is 1.44 bits per heavy atom. The molecule has 2 aliphatic rings. The zero-order valence-corrected chi connectivity index (χ0v) is 16.1. The van der Waals surface area contributed by atoms with Gasteiger partial charge in [0.1, 0.15) is 0 Å². The van der Waals surface area contributed by atoms with E-state index in [1.165, 1.54) is 9.80 Å². The molecule has 0 spiro atoms. The van der Waals surface area contributed by atoms with Gasteiger partial charge in [0, 0.05) is 39.1 Å². The summed E-state index contributed by atoms with van der Waals surface area (Å²) < 4.78 is 0. The number of piperazine rings is 1. The fourth-order valence-electron chi connectivity index (χ4n) is 3.30. The SMILES string of the molecule is O=C(CCCN1C(=O)c2ccccc2C1=O)N1CCN(C(=O)C(Cl)Cl)CC1. The summed E-state index contributed by atoms with van der Waals surface area (Å²) in [7, 11) is 0. The first-order valence-corrected chi connectivity index (χ1v) is 9.57. The molecule has 7 nitrogen and oxygen atoms in total. The largest absolute Gasteiger partial charge is 0.339 e. The van der Waals surface area contributed by atoms with Crippen LogP contribution in [-0.4, -0.2) is 75.9 Å². The molecule has 1 saturated heterocycles. The van der Waals surface area contributed by atoms with Crippen molar-refractivity contribution in [2.45, 2.75) is 17.7 Å². The minimum atomic E-state index is -1.09. The highest BCUT2D eigenvalue weighted by molar-refractivity contribution is 6.53. The van der Waals surface area contributed by atoms with Crippen molar-refractivity contribution in [3.8, 4) is 0 Å². The van der Waals surface area contributed by atoms with Gasteiger partial charge in [0.25, 0.3) is 17.7 Å². The van der Waals surface area contributed by atoms with Gasteiger partial charge in [-0.15, -0.1) is 0 Å². The van der Waals surface area contributed by atoms with Gasteiger partial charge in [-0.25, -0.2) is 0 Å². The van der Waals surface area contributed by atoms with Crippen molar-refractivity contribution >= 4 is 46.8 Å². The molecular weight excluding hydrogens is 393 g/mol. The molecule has 2 aliphatic heterocycles. The highest BCUT2D eigenvalue weighted by Crippen LogP contribution is 2.22. The second kappa shape index (κ2) is 8.27. The van der Waals surface area contributed by atoms with Gasteiger partial charge in [-0.2, -0.15) is 0 Å². The Morgan fingerprint density at radius 3 is 1.96 bits per heavy atom. The molecule has 1 aromatic carbocycles. The van der Waals surface area contributed by atoms with Crippen molar-refractivity contribution in [1.29, 1.82) is 0 Å². The van der Waals surface area contributed by atoms with E-state index in [0.717, 1.165) is 0 Å². The van der Waals surface area contributed by atoms with E-state index in [1.807, 2.05) is 0 Å². The number of alkyl halides is 2. The average Bonchev–Trinajstić information content (AvgIpc) is 2.92. The highest BCUT2D eigenvalue weighted by atomic mass is 35.5. The summed E-state index contributed by atoms with van der Waals surface area (Å²) >= 11 is 11.2. The van der Waals surface area contributed by atoms with Crippen LogP contribution in [0.1, 0.15) is 33.6 Å². The predicted molar refractivity (Wildman–Crippen MR) is 99.7 cm³/mol. The normalized spacial score (nSPS) is 16.9. The molecule has 0 atom stereocenters. The smallest absolute Gasteiger partial charge is 0.261 e. The Labute approximate surface area is 166 Å². The van der Waals surface area contributed by atoms with Crippen LogP contribution in [0.15, 0.2) is 24.3 Å². The molecule has 1 fully saturated rings. The van der Waals surface area contributed by atoms with Crippen LogP contribution in [0, 0.1) is 0 Å². The van der Waals surface area contributed by atoms with E-state index in [9.17, 15) is 19.2 Å². The summed E-state index contributed by atoms with van der Waals surface area (Å²) in [6.07, 6.45) is 0.629. The Hall–Kier alpha value is -2.12. The third-order valence-corrected chi connectivity index (χ3v) is 5.15. The first kappa shape index (κ1) is 19.6. The van der Waals surface area contributed by atoms with Gasteiger partial charge in [-0.3, -0.25) is 24.1 Å². The molecule has 2 heterocycles. The monoisotopic (exact) mass is 411 g/mol. The van der Waals surface area contributed by atoms with Gasteiger partial charge in [0.15, 0.2) is 4.84 Å². The summed E-state index contributed by atoms with van der Waals surface area (Å²) in [6, 6.07) is 6.71. The molecule has 1 aromatic rings. The van der Waals surface area contributed by atoms with Crippen molar-refractivity contribution in [3.63, 3.8) is 0 Å². The van der Waals surface area contributed by atoms with E-state index in [0.29, 0.717) is 43.7 Å². The quantitative estimate of drug-likeness (QED) is 0.543. The molecule has 4 amide bonds. The van der Waals surface area contributed by atoms with E-state index in [-0.39, 0.29) is 36.6 Å². The summed E-state index contributed by atoms with van der Waals surface area (Å²) in [5.41, 5.74) is 0.818. The van der Waals surface area contributed by atoms with Crippen LogP contribution < -0.4 is 0 Å². The van der Waals surface area contributed by atoms with Crippen LogP contribution in [0.25, 0.3) is 0 Å². The lowest BCUT2D eigenvalue weighted by molar-refractivity contribution is -0.138. The number of rotatable bonds is 5. The molecule has 27 heavy (non-hydrogen) atoms. The molecule has 0 aromatic heterocycles. The molecule has 9 heteroatoms. The fraction of sp³-hybridized carbons (Fsp3) is 0.444. The highest BCUT2D eigenvalue weighted by Gasteiger charge is 2.34. The number of nitrogens with zero attached hydrogens (tertiary/aromatic N) is 3. The van der Waals surface area contributed by atoms with Crippen LogP contribution in [0.5, 0.6) is 0 Å². The van der Waals surface area contributed by atoms with Crippen LogP contribution in [0.2, 0.25) is 0 Å². The van der Waals surface area contributed by atoms with Gasteiger partial charge in [0.05, 0.1) is 11.1 Å². The van der Waals surface area contributed by atoms with Crippen molar-refractivity contribution in [2.75, 3.05) is 32.7 Å². The molecule has 3 rings (SSSR count). The standard InChI is InChI=1S/C18H19Cl2N3O4/c19-15(20)18(27)22-10-8-21(9-11-22)14(24)6-3-7-23-16(25)12-4-1-2-5-13(12)17(23)26/h1-2,4-5,15H,3,6-11H2. The molecule has 0 radical (unpaired) electrons. The van der Waals surface area contributed by atoms with Crippen LogP contribution in [-0.2, 0) is 9.59 Å². The van der Waals surface area contributed by atoms with Gasteiger partial charge < -0.3 is 9.80 Å². The second-order valence-electron chi connectivity index (χ2n) is 6.42.